The van der Waals surface area contributed by atoms with Gasteiger partial charge in [0.2, 0.25) is 0 Å². The maximum atomic E-state index is 6.46. The number of ether oxygens (including phenoxy) is 2. The molecule has 0 saturated carbocycles. The van der Waals surface area contributed by atoms with Crippen molar-refractivity contribution in [2.75, 3.05) is 0 Å². The van der Waals surface area contributed by atoms with Gasteiger partial charge in [-0.15, -0.1) is 0 Å². The monoisotopic (exact) mass is 342 g/mol. The zero-order chi connectivity index (χ0) is 17.9. The fraction of sp³-hybridized carbons (Fsp3) is 0.474. The van der Waals surface area contributed by atoms with E-state index in [1.54, 1.807) is 24.8 Å². The van der Waals surface area contributed by atoms with Crippen molar-refractivity contribution in [2.45, 2.75) is 56.8 Å². The lowest BCUT2D eigenvalue weighted by atomic mass is 9.93. The van der Waals surface area contributed by atoms with Crippen LogP contribution < -0.4 is 11.5 Å². The summed E-state index contributed by atoms with van der Waals surface area (Å²) in [5.41, 5.74) is 15.2. The van der Waals surface area contributed by atoms with E-state index in [0.717, 1.165) is 11.1 Å². The fourth-order valence-corrected chi connectivity index (χ4v) is 3.29. The SMILES string of the molecule is CC1(C)O[C@@H]([C@H](N)Cc2ccncc2)[C@H]([C@H](N)Cc2ccncc2)O1. The predicted octanol–water partition coefficient (Wildman–Crippen LogP) is 1.44. The first-order valence-corrected chi connectivity index (χ1v) is 8.59. The number of nitrogens with zero attached hydrogens (tertiary/aromatic N) is 2. The summed E-state index contributed by atoms with van der Waals surface area (Å²) >= 11 is 0. The molecule has 1 saturated heterocycles. The van der Waals surface area contributed by atoms with Crippen molar-refractivity contribution in [3.63, 3.8) is 0 Å². The number of aromatic nitrogens is 2. The lowest BCUT2D eigenvalue weighted by Gasteiger charge is -2.27. The molecule has 3 rings (SSSR count). The lowest BCUT2D eigenvalue weighted by molar-refractivity contribution is -0.149. The normalized spacial score (nSPS) is 24.8. The molecule has 25 heavy (non-hydrogen) atoms. The smallest absolute Gasteiger partial charge is 0.163 e. The van der Waals surface area contributed by atoms with E-state index in [2.05, 4.69) is 9.97 Å². The summed E-state index contributed by atoms with van der Waals surface area (Å²) in [4.78, 5) is 8.08. The van der Waals surface area contributed by atoms with Crippen LogP contribution in [0.15, 0.2) is 49.1 Å². The van der Waals surface area contributed by atoms with Gasteiger partial charge in [-0.1, -0.05) is 0 Å². The topological polar surface area (TPSA) is 96.3 Å². The van der Waals surface area contributed by atoms with Crippen LogP contribution in [-0.4, -0.2) is 40.0 Å². The van der Waals surface area contributed by atoms with Crippen LogP contribution in [0.3, 0.4) is 0 Å². The summed E-state index contributed by atoms with van der Waals surface area (Å²) in [7, 11) is 0. The number of nitrogens with two attached hydrogens (primary N) is 2. The quantitative estimate of drug-likeness (QED) is 0.824. The van der Waals surface area contributed by atoms with Crippen LogP contribution >= 0.6 is 0 Å². The van der Waals surface area contributed by atoms with E-state index >= 15 is 0 Å². The van der Waals surface area contributed by atoms with Gasteiger partial charge in [-0.25, -0.2) is 0 Å². The molecular weight excluding hydrogens is 316 g/mol. The molecule has 1 fully saturated rings. The molecule has 3 heterocycles. The Hall–Kier alpha value is -1.86. The Kier molecular flexibility index (Phi) is 5.44. The average Bonchev–Trinajstić information content (AvgIpc) is 2.93. The van der Waals surface area contributed by atoms with Crippen molar-refractivity contribution in [3.8, 4) is 0 Å². The zero-order valence-corrected chi connectivity index (χ0v) is 14.7. The van der Waals surface area contributed by atoms with E-state index in [1.165, 1.54) is 0 Å². The Morgan fingerprint density at radius 2 is 1.20 bits per heavy atom. The van der Waals surface area contributed by atoms with Gasteiger partial charge in [-0.3, -0.25) is 9.97 Å². The van der Waals surface area contributed by atoms with Gasteiger partial charge in [0, 0.05) is 36.9 Å². The lowest BCUT2D eigenvalue weighted by Crippen LogP contribution is -2.51. The van der Waals surface area contributed by atoms with Crippen molar-refractivity contribution in [1.82, 2.24) is 9.97 Å². The number of hydrogen-bond donors (Lipinski definition) is 2. The minimum atomic E-state index is -0.693. The van der Waals surface area contributed by atoms with Gasteiger partial charge < -0.3 is 20.9 Å². The minimum absolute atomic E-state index is 0.210. The molecule has 0 aromatic carbocycles. The van der Waals surface area contributed by atoms with Crippen LogP contribution in [0.4, 0.5) is 0 Å². The predicted molar refractivity (Wildman–Crippen MR) is 95.7 cm³/mol. The van der Waals surface area contributed by atoms with Crippen molar-refractivity contribution < 1.29 is 9.47 Å². The second-order valence-corrected chi connectivity index (χ2v) is 7.01. The van der Waals surface area contributed by atoms with Crippen LogP contribution in [0, 0.1) is 0 Å². The zero-order valence-electron chi connectivity index (χ0n) is 14.7. The summed E-state index contributed by atoms with van der Waals surface area (Å²) < 4.78 is 12.2. The molecule has 6 nitrogen and oxygen atoms in total. The number of rotatable bonds is 6. The van der Waals surface area contributed by atoms with E-state index in [-0.39, 0.29) is 24.3 Å². The first-order chi connectivity index (χ1) is 11.9. The molecule has 0 aliphatic carbocycles. The maximum absolute atomic E-state index is 6.46. The first-order valence-electron chi connectivity index (χ1n) is 8.59. The van der Waals surface area contributed by atoms with E-state index in [4.69, 9.17) is 20.9 Å². The standard InChI is InChI=1S/C19H26N4O2/c1-19(2)24-17(15(20)11-13-3-7-22-8-4-13)18(25-19)16(21)12-14-5-9-23-10-6-14/h3-10,15-18H,11-12,20-21H2,1-2H3/t15-,16-,17+,18+/m1/s1. The second-order valence-electron chi connectivity index (χ2n) is 7.01. The van der Waals surface area contributed by atoms with Gasteiger partial charge in [0.25, 0.3) is 0 Å². The van der Waals surface area contributed by atoms with E-state index in [1.807, 2.05) is 38.1 Å². The van der Waals surface area contributed by atoms with Crippen LogP contribution in [0.1, 0.15) is 25.0 Å². The van der Waals surface area contributed by atoms with Gasteiger partial charge in [0.1, 0.15) is 12.2 Å². The largest absolute Gasteiger partial charge is 0.343 e. The maximum Gasteiger partial charge on any atom is 0.163 e. The summed E-state index contributed by atoms with van der Waals surface area (Å²) in [5, 5.41) is 0. The highest BCUT2D eigenvalue weighted by molar-refractivity contribution is 5.15. The van der Waals surface area contributed by atoms with E-state index in [9.17, 15) is 0 Å². The third-order valence-electron chi connectivity index (χ3n) is 4.45. The summed E-state index contributed by atoms with van der Waals surface area (Å²) in [5.74, 6) is -0.693. The van der Waals surface area contributed by atoms with Crippen LogP contribution in [0.25, 0.3) is 0 Å². The van der Waals surface area contributed by atoms with Gasteiger partial charge in [-0.05, 0) is 62.1 Å². The molecule has 0 spiro atoms. The summed E-state index contributed by atoms with van der Waals surface area (Å²) in [6.07, 6.45) is 7.92. The van der Waals surface area contributed by atoms with Gasteiger partial charge >= 0.3 is 0 Å². The molecule has 1 aliphatic heterocycles. The van der Waals surface area contributed by atoms with Gasteiger partial charge in [-0.2, -0.15) is 0 Å². The van der Waals surface area contributed by atoms with E-state index in [0.29, 0.717) is 12.8 Å². The van der Waals surface area contributed by atoms with Gasteiger partial charge in [0.05, 0.1) is 0 Å². The summed E-state index contributed by atoms with van der Waals surface area (Å²) in [6, 6.07) is 7.44. The third-order valence-corrected chi connectivity index (χ3v) is 4.45. The third kappa shape index (κ3) is 4.61. The second kappa shape index (κ2) is 7.58. The van der Waals surface area contributed by atoms with Crippen LogP contribution in [-0.2, 0) is 22.3 Å². The Labute approximate surface area is 148 Å². The highest BCUT2D eigenvalue weighted by atomic mass is 16.8. The van der Waals surface area contributed by atoms with Crippen molar-refractivity contribution >= 4 is 0 Å². The van der Waals surface area contributed by atoms with E-state index < -0.39 is 5.79 Å². The minimum Gasteiger partial charge on any atom is -0.343 e. The highest BCUT2D eigenvalue weighted by Gasteiger charge is 2.46. The molecule has 2 aromatic heterocycles. The Morgan fingerprint density at radius 1 is 0.840 bits per heavy atom. The average molecular weight is 342 g/mol. The van der Waals surface area contributed by atoms with Crippen LogP contribution in [0.2, 0.25) is 0 Å². The van der Waals surface area contributed by atoms with Crippen LogP contribution in [0.5, 0.6) is 0 Å². The Morgan fingerprint density at radius 3 is 1.56 bits per heavy atom. The highest BCUT2D eigenvalue weighted by Crippen LogP contribution is 2.32. The van der Waals surface area contributed by atoms with Gasteiger partial charge in [0.15, 0.2) is 5.79 Å². The molecular formula is C19H26N4O2. The molecule has 4 N–H and O–H groups in total. The molecule has 0 amide bonds. The molecule has 134 valence electrons. The van der Waals surface area contributed by atoms with Crippen molar-refractivity contribution in [3.05, 3.63) is 60.2 Å². The van der Waals surface area contributed by atoms with Crippen molar-refractivity contribution in [2.24, 2.45) is 11.5 Å². The van der Waals surface area contributed by atoms with Crippen molar-refractivity contribution in [1.29, 1.82) is 0 Å². The molecule has 0 radical (unpaired) electrons. The molecule has 6 heteroatoms. The number of pyridine rings is 2. The first kappa shape index (κ1) is 17.9. The Balaban J connectivity index is 1.71. The Bertz CT molecular complexity index is 608. The summed E-state index contributed by atoms with van der Waals surface area (Å²) in [6.45, 7) is 3.80. The fourth-order valence-electron chi connectivity index (χ4n) is 3.29. The molecule has 2 aromatic rings. The molecule has 1 aliphatic rings. The molecule has 0 bridgehead atoms. The molecule has 0 unspecified atom stereocenters. The molecule has 4 atom stereocenters. The number of hydrogen-bond acceptors (Lipinski definition) is 6.